The third kappa shape index (κ3) is 3.19. The molecule has 2 fully saturated rings. The summed E-state index contributed by atoms with van der Waals surface area (Å²) in [7, 11) is 0. The standard InChI is InChI=1S/C45H42/c1-2-10-31-27(9-1)19-20-28-21-22-29(25-37(28)31)30-23-24-40-38(26-30)34-13-5-6-16-39(34)45(40)41-17-7-14-35-32-11-3-4-12-33(32)36-15-8-18-42(45)44(36)43(35)41/h1,3-9,11-15,22-23,25-26,28,32-33,39-42H,2,10,16-21,24H2. The Morgan fingerprint density at radius 1 is 0.578 bits per heavy atom. The summed E-state index contributed by atoms with van der Waals surface area (Å²) < 4.78 is 0. The fourth-order valence-electron chi connectivity index (χ4n) is 12.5. The van der Waals surface area contributed by atoms with E-state index in [0.717, 1.165) is 5.92 Å². The Morgan fingerprint density at radius 2 is 1.27 bits per heavy atom. The largest absolute Gasteiger partial charge is 0.0839 e. The number of fused-ring (bicyclic) bond motifs is 12. The topological polar surface area (TPSA) is 0 Å². The number of hydrogen-bond acceptors (Lipinski definition) is 0. The maximum absolute atomic E-state index is 2.69. The Labute approximate surface area is 268 Å². The fraction of sp³-hybridized carbons (Fsp3) is 0.378. The predicted octanol–water partition coefficient (Wildman–Crippen LogP) is 10.8. The second kappa shape index (κ2) is 9.22. The molecule has 0 N–H and O–H groups in total. The first kappa shape index (κ1) is 25.5. The average Bonchev–Trinajstić information content (AvgIpc) is 3.58. The van der Waals surface area contributed by atoms with E-state index in [1.165, 1.54) is 68.9 Å². The van der Waals surface area contributed by atoms with Gasteiger partial charge in [-0.15, -0.1) is 0 Å². The number of rotatable bonds is 1. The summed E-state index contributed by atoms with van der Waals surface area (Å²) >= 11 is 0. The first-order valence-corrected chi connectivity index (χ1v) is 18.1. The fourth-order valence-corrected chi connectivity index (χ4v) is 12.5. The van der Waals surface area contributed by atoms with Crippen LogP contribution in [0.3, 0.4) is 0 Å². The van der Waals surface area contributed by atoms with Crippen LogP contribution in [-0.2, 0) is 0 Å². The van der Waals surface area contributed by atoms with Gasteiger partial charge in [-0.1, -0.05) is 103 Å². The van der Waals surface area contributed by atoms with Gasteiger partial charge in [0.1, 0.15) is 0 Å². The van der Waals surface area contributed by atoms with Gasteiger partial charge in [0.15, 0.2) is 0 Å². The highest BCUT2D eigenvalue weighted by Crippen LogP contribution is 2.76. The molecule has 0 radical (unpaired) electrons. The van der Waals surface area contributed by atoms with Gasteiger partial charge in [0.2, 0.25) is 0 Å². The quantitative estimate of drug-likeness (QED) is 0.288. The van der Waals surface area contributed by atoms with Crippen LogP contribution in [0.2, 0.25) is 0 Å². The zero-order valence-corrected chi connectivity index (χ0v) is 26.2. The van der Waals surface area contributed by atoms with Gasteiger partial charge in [0, 0.05) is 11.8 Å². The van der Waals surface area contributed by atoms with Crippen LogP contribution in [-0.4, -0.2) is 0 Å². The van der Waals surface area contributed by atoms with Crippen LogP contribution in [0.5, 0.6) is 0 Å². The summed E-state index contributed by atoms with van der Waals surface area (Å²) in [6, 6.07) is 0. The molecule has 0 heterocycles. The van der Waals surface area contributed by atoms with Crippen molar-refractivity contribution in [2.75, 3.05) is 0 Å². The van der Waals surface area contributed by atoms with E-state index >= 15 is 0 Å². The van der Waals surface area contributed by atoms with Gasteiger partial charge < -0.3 is 0 Å². The molecule has 1 spiro atoms. The van der Waals surface area contributed by atoms with Crippen molar-refractivity contribution >= 4 is 0 Å². The van der Waals surface area contributed by atoms with E-state index in [1.807, 2.05) is 0 Å². The van der Waals surface area contributed by atoms with Crippen LogP contribution in [0, 0.1) is 46.8 Å². The normalized spacial score (nSPS) is 40.7. The summed E-state index contributed by atoms with van der Waals surface area (Å²) in [5.74, 6) is 4.20. The summed E-state index contributed by atoms with van der Waals surface area (Å²) in [5.41, 5.74) is 18.5. The van der Waals surface area contributed by atoms with Gasteiger partial charge in [-0.05, 0) is 154 Å². The SMILES string of the molecule is C1=CCC2C(=C1)C1=CC(C3=CCC4CCC5=C(CCC=C5)C4=C3)=CCC1C21C2CC=CC3=C2C2=C(C=CCC21)C1C=CC=CC31. The Bertz CT molecular complexity index is 1840. The van der Waals surface area contributed by atoms with E-state index in [4.69, 9.17) is 0 Å². The van der Waals surface area contributed by atoms with Crippen molar-refractivity contribution in [2.45, 2.75) is 57.8 Å². The van der Waals surface area contributed by atoms with Crippen LogP contribution in [0.4, 0.5) is 0 Å². The van der Waals surface area contributed by atoms with Gasteiger partial charge >= 0.3 is 0 Å². The molecular formula is C45H42. The second-order valence-electron chi connectivity index (χ2n) is 15.5. The molecule has 0 nitrogen and oxygen atoms in total. The van der Waals surface area contributed by atoms with E-state index in [2.05, 4.69) is 103 Å². The lowest BCUT2D eigenvalue weighted by Gasteiger charge is -2.47. The molecule has 222 valence electrons. The first-order valence-electron chi connectivity index (χ1n) is 18.1. The number of allylic oxidation sites excluding steroid dienone is 28. The van der Waals surface area contributed by atoms with Gasteiger partial charge in [-0.2, -0.15) is 0 Å². The van der Waals surface area contributed by atoms with Crippen LogP contribution in [0.1, 0.15) is 57.8 Å². The minimum Gasteiger partial charge on any atom is -0.0839 e. The van der Waals surface area contributed by atoms with Gasteiger partial charge in [-0.25, -0.2) is 0 Å². The van der Waals surface area contributed by atoms with Crippen LogP contribution in [0.15, 0.2) is 165 Å². The minimum atomic E-state index is 0.268. The van der Waals surface area contributed by atoms with Crippen molar-refractivity contribution in [1.82, 2.24) is 0 Å². The molecule has 0 heteroatoms. The second-order valence-corrected chi connectivity index (χ2v) is 15.5. The molecule has 7 unspecified atom stereocenters. The van der Waals surface area contributed by atoms with E-state index < -0.39 is 0 Å². The Kier molecular flexibility index (Phi) is 5.23. The average molecular weight is 583 g/mol. The van der Waals surface area contributed by atoms with Crippen LogP contribution in [0.25, 0.3) is 0 Å². The molecule has 0 amide bonds. The maximum atomic E-state index is 2.69. The highest BCUT2D eigenvalue weighted by atomic mass is 14.7. The smallest absolute Gasteiger partial charge is 0.0128 e. The third-order valence-electron chi connectivity index (χ3n) is 14.1. The van der Waals surface area contributed by atoms with Gasteiger partial charge in [0.05, 0.1) is 0 Å². The monoisotopic (exact) mass is 582 g/mol. The Balaban J connectivity index is 1.05. The number of hydrogen-bond donors (Lipinski definition) is 0. The highest BCUT2D eigenvalue weighted by molar-refractivity contribution is 5.68. The molecule has 2 saturated carbocycles. The van der Waals surface area contributed by atoms with E-state index in [-0.39, 0.29) is 5.41 Å². The van der Waals surface area contributed by atoms with Crippen molar-refractivity contribution in [1.29, 1.82) is 0 Å². The molecule has 0 bridgehead atoms. The molecule has 0 aromatic rings. The molecule has 11 aliphatic rings. The summed E-state index contributed by atoms with van der Waals surface area (Å²) in [6.07, 6.45) is 53.7. The Morgan fingerprint density at radius 3 is 2.04 bits per heavy atom. The zero-order valence-electron chi connectivity index (χ0n) is 26.2. The van der Waals surface area contributed by atoms with Crippen molar-refractivity contribution in [2.24, 2.45) is 46.8 Å². The van der Waals surface area contributed by atoms with Gasteiger partial charge in [0.25, 0.3) is 0 Å². The molecule has 11 aliphatic carbocycles. The molecule has 0 saturated heterocycles. The van der Waals surface area contributed by atoms with E-state index in [1.54, 1.807) is 50.2 Å². The van der Waals surface area contributed by atoms with E-state index in [0.29, 0.717) is 35.5 Å². The predicted molar refractivity (Wildman–Crippen MR) is 185 cm³/mol. The highest BCUT2D eigenvalue weighted by Gasteiger charge is 2.68. The van der Waals surface area contributed by atoms with Crippen LogP contribution < -0.4 is 0 Å². The van der Waals surface area contributed by atoms with Crippen LogP contribution >= 0.6 is 0 Å². The summed E-state index contributed by atoms with van der Waals surface area (Å²) in [4.78, 5) is 0. The maximum Gasteiger partial charge on any atom is 0.0128 e. The minimum absolute atomic E-state index is 0.268. The third-order valence-corrected chi connectivity index (χ3v) is 14.1. The van der Waals surface area contributed by atoms with Gasteiger partial charge in [-0.3, -0.25) is 0 Å². The summed E-state index contributed by atoms with van der Waals surface area (Å²) in [6.45, 7) is 0. The molecule has 0 aromatic carbocycles. The van der Waals surface area contributed by atoms with Crippen molar-refractivity contribution < 1.29 is 0 Å². The van der Waals surface area contributed by atoms with E-state index in [9.17, 15) is 0 Å². The molecule has 45 heavy (non-hydrogen) atoms. The lowest BCUT2D eigenvalue weighted by Crippen LogP contribution is -2.43. The molecule has 11 rings (SSSR count). The first-order chi connectivity index (χ1) is 22.3. The van der Waals surface area contributed by atoms with Crippen molar-refractivity contribution in [3.8, 4) is 0 Å². The zero-order chi connectivity index (χ0) is 29.3. The Hall–Kier alpha value is -3.64. The molecule has 7 atom stereocenters. The molecular weight excluding hydrogens is 540 g/mol. The molecule has 0 aromatic heterocycles. The van der Waals surface area contributed by atoms with Crippen molar-refractivity contribution in [3.63, 3.8) is 0 Å². The van der Waals surface area contributed by atoms with Crippen molar-refractivity contribution in [3.05, 3.63) is 165 Å². The lowest BCUT2D eigenvalue weighted by atomic mass is 9.55. The summed E-state index contributed by atoms with van der Waals surface area (Å²) in [5, 5.41) is 0. The lowest BCUT2D eigenvalue weighted by molar-refractivity contribution is 0.0531. The molecule has 0 aliphatic heterocycles.